The molecule has 88 valence electrons. The molecule has 0 aliphatic carbocycles. The second kappa shape index (κ2) is 4.75. The number of carbonyl (C=O) groups is 1. The minimum atomic E-state index is -0.388. The van der Waals surface area contributed by atoms with E-state index < -0.39 is 0 Å². The lowest BCUT2D eigenvalue weighted by Gasteiger charge is -2.18. The van der Waals surface area contributed by atoms with Crippen LogP contribution in [0.15, 0.2) is 35.6 Å². The molecule has 6 heteroatoms. The molecule has 0 bridgehead atoms. The van der Waals surface area contributed by atoms with E-state index in [1.165, 1.54) is 0 Å². The summed E-state index contributed by atoms with van der Waals surface area (Å²) in [7, 11) is 0. The maximum Gasteiger partial charge on any atom is 0.281 e. The van der Waals surface area contributed by atoms with Crippen molar-refractivity contribution >= 4 is 17.3 Å². The van der Waals surface area contributed by atoms with Crippen LogP contribution in [0.5, 0.6) is 0 Å². The summed E-state index contributed by atoms with van der Waals surface area (Å²) in [6.07, 6.45) is 3.59. The Hall–Kier alpha value is -2.21. The van der Waals surface area contributed by atoms with Crippen LogP contribution in [-0.2, 0) is 4.79 Å². The first-order valence-electron chi connectivity index (χ1n) is 5.20. The molecule has 0 saturated heterocycles. The second-order valence-corrected chi connectivity index (χ2v) is 3.67. The summed E-state index contributed by atoms with van der Waals surface area (Å²) in [6, 6.07) is 5.60. The Balaban J connectivity index is 2.20. The van der Waals surface area contributed by atoms with Crippen LogP contribution < -0.4 is 16.7 Å². The van der Waals surface area contributed by atoms with E-state index in [0.717, 1.165) is 11.4 Å². The van der Waals surface area contributed by atoms with Gasteiger partial charge < -0.3 is 0 Å². The highest BCUT2D eigenvalue weighted by Gasteiger charge is 2.21. The van der Waals surface area contributed by atoms with E-state index in [0.29, 0.717) is 5.71 Å². The first-order chi connectivity index (χ1) is 8.22. The number of hydrazine groups is 1. The van der Waals surface area contributed by atoms with E-state index in [9.17, 15) is 4.79 Å². The number of hydrogen-bond acceptors (Lipinski definition) is 5. The molecule has 0 spiro atoms. The number of hydrogen-bond donors (Lipinski definition) is 3. The van der Waals surface area contributed by atoms with Gasteiger partial charge in [0.25, 0.3) is 5.91 Å². The van der Waals surface area contributed by atoms with Crippen LogP contribution in [0.1, 0.15) is 12.6 Å². The lowest BCUT2D eigenvalue weighted by molar-refractivity contribution is -0.115. The first kappa shape index (κ1) is 11.3. The van der Waals surface area contributed by atoms with Crippen molar-refractivity contribution in [3.63, 3.8) is 0 Å². The van der Waals surface area contributed by atoms with Crippen molar-refractivity contribution in [3.05, 3.63) is 36.2 Å². The van der Waals surface area contributed by atoms with Crippen molar-refractivity contribution in [2.75, 3.05) is 0 Å². The van der Waals surface area contributed by atoms with Crippen LogP contribution in [0.3, 0.4) is 0 Å². The standard InChI is InChI=1S/C11H13N5O/c1-7-6-9(8-4-2-3-5-13-8)15-16-10(7)11(17)14-12/h2-7,15H,12H2,1H3,(H,14,17). The number of nitrogens with one attached hydrogen (secondary N) is 2. The number of nitrogens with zero attached hydrogens (tertiary/aromatic N) is 2. The van der Waals surface area contributed by atoms with E-state index in [-0.39, 0.29) is 11.8 Å². The molecule has 17 heavy (non-hydrogen) atoms. The summed E-state index contributed by atoms with van der Waals surface area (Å²) in [5.41, 5.74) is 6.79. The molecule has 6 nitrogen and oxygen atoms in total. The lowest BCUT2D eigenvalue weighted by Crippen LogP contribution is -2.41. The van der Waals surface area contributed by atoms with Gasteiger partial charge >= 0.3 is 0 Å². The molecule has 0 fully saturated rings. The number of carbonyl (C=O) groups excluding carboxylic acids is 1. The van der Waals surface area contributed by atoms with Crippen LogP contribution in [0, 0.1) is 5.92 Å². The highest BCUT2D eigenvalue weighted by molar-refractivity contribution is 6.40. The van der Waals surface area contributed by atoms with Crippen LogP contribution in [0.4, 0.5) is 0 Å². The number of rotatable bonds is 2. The summed E-state index contributed by atoms with van der Waals surface area (Å²) < 4.78 is 0. The number of amides is 1. The average Bonchev–Trinajstić information content (AvgIpc) is 2.39. The van der Waals surface area contributed by atoms with Crippen LogP contribution >= 0.6 is 0 Å². The predicted octanol–water partition coefficient (Wildman–Crippen LogP) is 0.00770. The smallest absolute Gasteiger partial charge is 0.281 e. The molecule has 0 saturated carbocycles. The third-order valence-corrected chi connectivity index (χ3v) is 2.45. The summed E-state index contributed by atoms with van der Waals surface area (Å²) in [6.45, 7) is 1.87. The maximum absolute atomic E-state index is 11.4. The zero-order valence-corrected chi connectivity index (χ0v) is 9.34. The molecular weight excluding hydrogens is 218 g/mol. The van der Waals surface area contributed by atoms with Crippen molar-refractivity contribution < 1.29 is 4.79 Å². The molecule has 1 aromatic heterocycles. The Labute approximate surface area is 98.6 Å². The fourth-order valence-electron chi connectivity index (χ4n) is 1.58. The van der Waals surface area contributed by atoms with Gasteiger partial charge in [-0.1, -0.05) is 13.0 Å². The highest BCUT2D eigenvalue weighted by atomic mass is 16.2. The van der Waals surface area contributed by atoms with E-state index in [1.807, 2.05) is 31.2 Å². The zero-order valence-electron chi connectivity index (χ0n) is 9.34. The average molecular weight is 231 g/mol. The van der Waals surface area contributed by atoms with Crippen molar-refractivity contribution in [2.24, 2.45) is 16.9 Å². The molecule has 1 aliphatic heterocycles. The molecule has 2 heterocycles. The summed E-state index contributed by atoms with van der Waals surface area (Å²) in [5, 5.41) is 4.01. The SMILES string of the molecule is CC1C=C(c2ccccn2)NN=C1C(=O)NN. The molecule has 1 aromatic rings. The van der Waals surface area contributed by atoms with Gasteiger partial charge in [0.15, 0.2) is 0 Å². The lowest BCUT2D eigenvalue weighted by atomic mass is 10.0. The molecule has 1 atom stereocenters. The van der Waals surface area contributed by atoms with Gasteiger partial charge in [-0.05, 0) is 18.2 Å². The van der Waals surface area contributed by atoms with Gasteiger partial charge in [0.1, 0.15) is 5.71 Å². The summed E-state index contributed by atoms with van der Waals surface area (Å²) in [4.78, 5) is 15.6. The number of nitrogens with two attached hydrogens (primary N) is 1. The molecule has 2 rings (SSSR count). The van der Waals surface area contributed by atoms with Crippen molar-refractivity contribution in [1.82, 2.24) is 15.8 Å². The van der Waals surface area contributed by atoms with E-state index in [2.05, 4.69) is 20.9 Å². The minimum Gasteiger partial charge on any atom is -0.289 e. The molecule has 4 N–H and O–H groups in total. The third-order valence-electron chi connectivity index (χ3n) is 2.45. The van der Waals surface area contributed by atoms with Gasteiger partial charge in [0.2, 0.25) is 0 Å². The van der Waals surface area contributed by atoms with Crippen molar-refractivity contribution in [3.8, 4) is 0 Å². The molecular formula is C11H13N5O. The Kier molecular flexibility index (Phi) is 3.15. The second-order valence-electron chi connectivity index (χ2n) is 3.67. The number of allylic oxidation sites excluding steroid dienone is 1. The van der Waals surface area contributed by atoms with Crippen molar-refractivity contribution in [2.45, 2.75) is 6.92 Å². The molecule has 0 aromatic carbocycles. The number of aromatic nitrogens is 1. The minimum absolute atomic E-state index is 0.114. The van der Waals surface area contributed by atoms with Gasteiger partial charge in [0, 0.05) is 12.1 Å². The molecule has 0 radical (unpaired) electrons. The molecule has 1 amide bonds. The number of hydrazone groups is 1. The Bertz CT molecular complexity index is 480. The quantitative estimate of drug-likeness (QED) is 0.380. The third kappa shape index (κ3) is 2.31. The normalized spacial score (nSPS) is 18.8. The highest BCUT2D eigenvalue weighted by Crippen LogP contribution is 2.16. The summed E-state index contributed by atoms with van der Waals surface area (Å²) in [5.74, 6) is 4.57. The fraction of sp³-hybridized carbons (Fsp3) is 0.182. The van der Waals surface area contributed by atoms with Gasteiger partial charge in [-0.2, -0.15) is 5.10 Å². The van der Waals surface area contributed by atoms with E-state index in [4.69, 9.17) is 5.84 Å². The first-order valence-corrected chi connectivity index (χ1v) is 5.20. The van der Waals surface area contributed by atoms with E-state index in [1.54, 1.807) is 6.20 Å². The largest absolute Gasteiger partial charge is 0.289 e. The van der Waals surface area contributed by atoms with E-state index >= 15 is 0 Å². The summed E-state index contributed by atoms with van der Waals surface area (Å²) >= 11 is 0. The maximum atomic E-state index is 11.4. The number of pyridine rings is 1. The topological polar surface area (TPSA) is 92.4 Å². The Morgan fingerprint density at radius 2 is 2.35 bits per heavy atom. The Morgan fingerprint density at radius 3 is 2.94 bits per heavy atom. The van der Waals surface area contributed by atoms with Gasteiger partial charge in [-0.25, -0.2) is 5.84 Å². The molecule has 1 aliphatic rings. The van der Waals surface area contributed by atoms with Gasteiger partial charge in [-0.3, -0.25) is 20.6 Å². The van der Waals surface area contributed by atoms with Crippen molar-refractivity contribution in [1.29, 1.82) is 0 Å². The predicted molar refractivity (Wildman–Crippen MR) is 64.3 cm³/mol. The zero-order chi connectivity index (χ0) is 12.3. The van der Waals surface area contributed by atoms with Gasteiger partial charge in [-0.15, -0.1) is 0 Å². The van der Waals surface area contributed by atoms with Crippen LogP contribution in [0.25, 0.3) is 5.70 Å². The fourth-order valence-corrected chi connectivity index (χ4v) is 1.58. The van der Waals surface area contributed by atoms with Crippen LogP contribution in [0.2, 0.25) is 0 Å². The monoisotopic (exact) mass is 231 g/mol. The Morgan fingerprint density at radius 1 is 1.53 bits per heavy atom. The molecule has 1 unspecified atom stereocenters. The van der Waals surface area contributed by atoms with Gasteiger partial charge in [0.05, 0.1) is 11.4 Å². The van der Waals surface area contributed by atoms with Crippen LogP contribution in [-0.4, -0.2) is 16.6 Å².